The number of carbonyl (C=O) groups is 2. The lowest BCUT2D eigenvalue weighted by molar-refractivity contribution is -0.134. The molecule has 2 heterocycles. The number of amides is 1. The molecule has 0 aromatic carbocycles. The van der Waals surface area contributed by atoms with Crippen LogP contribution in [0.15, 0.2) is 30.5 Å². The number of halogens is 3. The Hall–Kier alpha value is -2.77. The van der Waals surface area contributed by atoms with Crippen LogP contribution in [0.5, 0.6) is 0 Å². The molecule has 1 fully saturated rings. The van der Waals surface area contributed by atoms with Crippen molar-refractivity contribution in [2.24, 2.45) is 5.92 Å². The smallest absolute Gasteiger partial charge is 0.348 e. The summed E-state index contributed by atoms with van der Waals surface area (Å²) in [5, 5.41) is 2.76. The van der Waals surface area contributed by atoms with Crippen LogP contribution in [-0.4, -0.2) is 27.8 Å². The van der Waals surface area contributed by atoms with Crippen molar-refractivity contribution in [3.05, 3.63) is 58.7 Å². The van der Waals surface area contributed by atoms with Gasteiger partial charge in [0.1, 0.15) is 5.78 Å². The standard InChI is InChI=1S/C21H22F3N3O2/c1-13-8-16(9-18(27-13)10-19(28)15-3-4-15)20(29)26-12-14-2-5-17(25-11-14)6-7-21(22,23)24/h2,5,8-9,11,15H,3-4,6-7,10,12H2,1H3,(H,26,29). The van der Waals surface area contributed by atoms with E-state index in [9.17, 15) is 22.8 Å². The molecule has 1 aliphatic carbocycles. The van der Waals surface area contributed by atoms with E-state index in [4.69, 9.17) is 0 Å². The quantitative estimate of drug-likeness (QED) is 0.726. The van der Waals surface area contributed by atoms with Crippen LogP contribution < -0.4 is 5.32 Å². The molecule has 1 aliphatic rings. The molecular formula is C21H22F3N3O2. The van der Waals surface area contributed by atoms with E-state index in [0.29, 0.717) is 28.2 Å². The summed E-state index contributed by atoms with van der Waals surface area (Å²) >= 11 is 0. The van der Waals surface area contributed by atoms with Crippen LogP contribution >= 0.6 is 0 Å². The van der Waals surface area contributed by atoms with Gasteiger partial charge in [-0.15, -0.1) is 0 Å². The molecule has 1 amide bonds. The fourth-order valence-electron chi connectivity index (χ4n) is 2.95. The van der Waals surface area contributed by atoms with E-state index in [1.807, 2.05) is 0 Å². The monoisotopic (exact) mass is 405 g/mol. The highest BCUT2D eigenvalue weighted by atomic mass is 19.4. The molecule has 29 heavy (non-hydrogen) atoms. The SMILES string of the molecule is Cc1cc(C(=O)NCc2ccc(CCC(F)(F)F)nc2)cc(CC(=O)C2CC2)n1. The molecular weight excluding hydrogens is 383 g/mol. The highest BCUT2D eigenvalue weighted by Gasteiger charge is 2.29. The maximum atomic E-state index is 12.5. The van der Waals surface area contributed by atoms with E-state index in [-0.39, 0.29) is 37.0 Å². The molecule has 1 N–H and O–H groups in total. The zero-order chi connectivity index (χ0) is 21.0. The van der Waals surface area contributed by atoms with Crippen LogP contribution in [0.3, 0.4) is 0 Å². The largest absolute Gasteiger partial charge is 0.389 e. The van der Waals surface area contributed by atoms with Gasteiger partial charge in [0.25, 0.3) is 5.91 Å². The number of pyridine rings is 2. The molecule has 0 saturated heterocycles. The number of aryl methyl sites for hydroxylation is 2. The third-order valence-corrected chi connectivity index (χ3v) is 4.66. The van der Waals surface area contributed by atoms with Gasteiger partial charge in [-0.2, -0.15) is 13.2 Å². The predicted molar refractivity (Wildman–Crippen MR) is 100 cm³/mol. The minimum absolute atomic E-state index is 0.140. The molecule has 2 aromatic rings. The average Bonchev–Trinajstić information content (AvgIpc) is 3.49. The lowest BCUT2D eigenvalue weighted by Crippen LogP contribution is -2.23. The Bertz CT molecular complexity index is 891. The van der Waals surface area contributed by atoms with E-state index >= 15 is 0 Å². The van der Waals surface area contributed by atoms with E-state index in [2.05, 4.69) is 15.3 Å². The van der Waals surface area contributed by atoms with Crippen LogP contribution in [0.1, 0.15) is 52.3 Å². The van der Waals surface area contributed by atoms with Crippen molar-refractivity contribution in [1.29, 1.82) is 0 Å². The highest BCUT2D eigenvalue weighted by Crippen LogP contribution is 2.30. The van der Waals surface area contributed by atoms with Crippen molar-refractivity contribution in [2.45, 2.75) is 51.7 Å². The molecule has 8 heteroatoms. The second-order valence-corrected chi connectivity index (χ2v) is 7.36. The first-order valence-corrected chi connectivity index (χ1v) is 9.48. The summed E-state index contributed by atoms with van der Waals surface area (Å²) in [5.74, 6) is -0.0101. The van der Waals surface area contributed by atoms with Gasteiger partial charge >= 0.3 is 6.18 Å². The Morgan fingerprint density at radius 1 is 1.17 bits per heavy atom. The van der Waals surface area contributed by atoms with Crippen LogP contribution in [0.2, 0.25) is 0 Å². The van der Waals surface area contributed by atoms with Gasteiger partial charge in [0, 0.05) is 54.1 Å². The molecule has 0 unspecified atom stereocenters. The molecule has 154 valence electrons. The Balaban J connectivity index is 1.56. The number of alkyl halides is 3. The number of Topliss-reactive ketones (excluding diaryl/α,β-unsaturated/α-hetero) is 1. The van der Waals surface area contributed by atoms with Gasteiger partial charge in [-0.25, -0.2) is 0 Å². The van der Waals surface area contributed by atoms with Gasteiger partial charge in [0.2, 0.25) is 0 Å². The fourth-order valence-corrected chi connectivity index (χ4v) is 2.95. The summed E-state index contributed by atoms with van der Waals surface area (Å²) in [6.45, 7) is 1.97. The van der Waals surface area contributed by atoms with E-state index in [1.165, 1.54) is 12.3 Å². The molecule has 0 aliphatic heterocycles. The van der Waals surface area contributed by atoms with Crippen molar-refractivity contribution in [2.75, 3.05) is 0 Å². The van der Waals surface area contributed by atoms with Gasteiger partial charge in [-0.3, -0.25) is 19.6 Å². The molecule has 0 radical (unpaired) electrons. The summed E-state index contributed by atoms with van der Waals surface area (Å²) in [7, 11) is 0. The first-order chi connectivity index (χ1) is 13.7. The third-order valence-electron chi connectivity index (χ3n) is 4.66. The molecule has 1 saturated carbocycles. The zero-order valence-corrected chi connectivity index (χ0v) is 16.1. The maximum absolute atomic E-state index is 12.5. The Morgan fingerprint density at radius 3 is 2.55 bits per heavy atom. The van der Waals surface area contributed by atoms with Crippen LogP contribution in [0, 0.1) is 12.8 Å². The van der Waals surface area contributed by atoms with Crippen LogP contribution in [0.25, 0.3) is 0 Å². The van der Waals surface area contributed by atoms with Crippen LogP contribution in [0.4, 0.5) is 13.2 Å². The number of nitrogens with one attached hydrogen (secondary N) is 1. The molecule has 3 rings (SSSR count). The Morgan fingerprint density at radius 2 is 1.93 bits per heavy atom. The summed E-state index contributed by atoms with van der Waals surface area (Å²) in [5.41, 5.74) is 2.71. The molecule has 5 nitrogen and oxygen atoms in total. The first-order valence-electron chi connectivity index (χ1n) is 9.48. The van der Waals surface area contributed by atoms with Crippen molar-refractivity contribution in [3.63, 3.8) is 0 Å². The lowest BCUT2D eigenvalue weighted by atomic mass is 10.1. The number of nitrogens with zero attached hydrogens (tertiary/aromatic N) is 2. The van der Waals surface area contributed by atoms with Gasteiger partial charge in [0.15, 0.2) is 0 Å². The van der Waals surface area contributed by atoms with Gasteiger partial charge in [-0.05, 0) is 49.9 Å². The predicted octanol–water partition coefficient (Wildman–Crippen LogP) is 3.73. The summed E-state index contributed by atoms with van der Waals surface area (Å²) in [6.07, 6.45) is -1.74. The fraction of sp³-hybridized carbons (Fsp3) is 0.429. The number of ketones is 1. The number of aromatic nitrogens is 2. The summed E-state index contributed by atoms with van der Waals surface area (Å²) in [6, 6.07) is 6.46. The molecule has 2 aromatic heterocycles. The highest BCUT2D eigenvalue weighted by molar-refractivity contribution is 5.94. The van der Waals surface area contributed by atoms with Crippen LogP contribution in [-0.2, 0) is 24.2 Å². The topological polar surface area (TPSA) is 72.0 Å². The van der Waals surface area contributed by atoms with Gasteiger partial charge in [-0.1, -0.05) is 6.07 Å². The summed E-state index contributed by atoms with van der Waals surface area (Å²) < 4.78 is 36.8. The molecule has 0 spiro atoms. The molecule has 0 atom stereocenters. The average molecular weight is 405 g/mol. The van der Waals surface area contributed by atoms with Crippen molar-refractivity contribution >= 4 is 11.7 Å². The minimum Gasteiger partial charge on any atom is -0.348 e. The summed E-state index contributed by atoms with van der Waals surface area (Å²) in [4.78, 5) is 32.8. The van der Waals surface area contributed by atoms with Crippen molar-refractivity contribution in [1.82, 2.24) is 15.3 Å². The number of hydrogen-bond donors (Lipinski definition) is 1. The zero-order valence-electron chi connectivity index (χ0n) is 16.1. The van der Waals surface area contributed by atoms with Gasteiger partial charge in [0.05, 0.1) is 0 Å². The van der Waals surface area contributed by atoms with E-state index < -0.39 is 12.6 Å². The normalized spacial score (nSPS) is 13.9. The number of hydrogen-bond acceptors (Lipinski definition) is 4. The lowest BCUT2D eigenvalue weighted by Gasteiger charge is -2.09. The number of rotatable bonds is 8. The van der Waals surface area contributed by atoms with Gasteiger partial charge < -0.3 is 5.32 Å². The second-order valence-electron chi connectivity index (χ2n) is 7.36. The first kappa shape index (κ1) is 21.0. The minimum atomic E-state index is -4.21. The van der Waals surface area contributed by atoms with E-state index in [1.54, 1.807) is 25.1 Å². The second kappa shape index (κ2) is 8.71. The van der Waals surface area contributed by atoms with Crippen molar-refractivity contribution < 1.29 is 22.8 Å². The Labute approximate surface area is 166 Å². The molecule has 0 bridgehead atoms. The van der Waals surface area contributed by atoms with E-state index in [0.717, 1.165) is 12.8 Å². The van der Waals surface area contributed by atoms with Crippen molar-refractivity contribution in [3.8, 4) is 0 Å². The number of carbonyl (C=O) groups excluding carboxylic acids is 2. The third kappa shape index (κ3) is 6.66. The Kier molecular flexibility index (Phi) is 6.30. The maximum Gasteiger partial charge on any atom is 0.389 e.